The topological polar surface area (TPSA) is 83.6 Å². The van der Waals surface area contributed by atoms with Crippen LogP contribution in [0.15, 0.2) is 18.2 Å². The Labute approximate surface area is 109 Å². The zero-order valence-corrected chi connectivity index (χ0v) is 10.4. The van der Waals surface area contributed by atoms with E-state index >= 15 is 0 Å². The number of aliphatic carboxylic acids is 1. The quantitative estimate of drug-likeness (QED) is 0.798. The largest absolute Gasteiger partial charge is 0.480 e. The van der Waals surface area contributed by atoms with Crippen LogP contribution in [-0.2, 0) is 4.79 Å². The van der Waals surface area contributed by atoms with E-state index in [1.807, 2.05) is 0 Å². The van der Waals surface area contributed by atoms with Gasteiger partial charge in [-0.25, -0.2) is 4.79 Å². The van der Waals surface area contributed by atoms with E-state index in [0.29, 0.717) is 30.6 Å². The molecule has 6 heteroatoms. The fourth-order valence-corrected chi connectivity index (χ4v) is 2.40. The van der Waals surface area contributed by atoms with Gasteiger partial charge in [0.2, 0.25) is 0 Å². The summed E-state index contributed by atoms with van der Waals surface area (Å²) in [4.78, 5) is 24.6. The molecule has 0 aromatic heterocycles. The average molecular weight is 269 g/mol. The van der Waals surface area contributed by atoms with Crippen LogP contribution in [0.2, 0.25) is 5.02 Å². The number of likely N-dealkylation sites (tertiary alicyclic amines) is 1. The van der Waals surface area contributed by atoms with Gasteiger partial charge in [0, 0.05) is 12.2 Å². The van der Waals surface area contributed by atoms with Gasteiger partial charge in [-0.05, 0) is 31.0 Å². The Morgan fingerprint density at radius 2 is 2.17 bits per heavy atom. The van der Waals surface area contributed by atoms with E-state index in [1.54, 1.807) is 6.07 Å². The van der Waals surface area contributed by atoms with Crippen molar-refractivity contribution in [3.63, 3.8) is 0 Å². The van der Waals surface area contributed by atoms with Gasteiger partial charge in [0.05, 0.1) is 10.6 Å². The summed E-state index contributed by atoms with van der Waals surface area (Å²) in [6, 6.07) is 3.83. The fourth-order valence-electron chi connectivity index (χ4n) is 2.13. The molecule has 1 atom stereocenters. The van der Waals surface area contributed by atoms with Gasteiger partial charge in [-0.2, -0.15) is 0 Å². The molecule has 1 heterocycles. The molecule has 1 aliphatic rings. The summed E-state index contributed by atoms with van der Waals surface area (Å²) in [6.07, 6.45) is 1.17. The van der Waals surface area contributed by atoms with Crippen LogP contribution in [0.25, 0.3) is 0 Å². The Kier molecular flexibility index (Phi) is 3.43. The standard InChI is InChI=1S/C12H13ClN2O3/c13-9-6-7(14)3-4-8(9)11(16)15-5-1-2-10(15)12(17)18/h3-4,6,10H,1-2,5,14H2,(H,17,18). The lowest BCUT2D eigenvalue weighted by atomic mass is 10.1. The van der Waals surface area contributed by atoms with Crippen LogP contribution in [0.3, 0.4) is 0 Å². The fraction of sp³-hybridized carbons (Fsp3) is 0.333. The highest BCUT2D eigenvalue weighted by atomic mass is 35.5. The summed E-state index contributed by atoms with van der Waals surface area (Å²) in [5.74, 6) is -1.34. The zero-order chi connectivity index (χ0) is 13.3. The molecule has 1 aromatic carbocycles. The van der Waals surface area contributed by atoms with Gasteiger partial charge in [0.15, 0.2) is 0 Å². The second-order valence-corrected chi connectivity index (χ2v) is 4.64. The molecule has 3 N–H and O–H groups in total. The second kappa shape index (κ2) is 4.86. The van der Waals surface area contributed by atoms with Gasteiger partial charge in [-0.15, -0.1) is 0 Å². The molecule has 0 bridgehead atoms. The van der Waals surface area contributed by atoms with Crippen LogP contribution in [0.1, 0.15) is 23.2 Å². The molecular formula is C12H13ClN2O3. The number of halogens is 1. The maximum atomic E-state index is 12.2. The van der Waals surface area contributed by atoms with Crippen molar-refractivity contribution in [3.8, 4) is 0 Å². The Balaban J connectivity index is 2.28. The highest BCUT2D eigenvalue weighted by molar-refractivity contribution is 6.34. The first kappa shape index (κ1) is 12.7. The number of anilines is 1. The van der Waals surface area contributed by atoms with Crippen LogP contribution < -0.4 is 5.73 Å². The highest BCUT2D eigenvalue weighted by Gasteiger charge is 2.34. The number of carboxylic acid groups (broad SMARTS) is 1. The third kappa shape index (κ3) is 2.26. The molecular weight excluding hydrogens is 256 g/mol. The number of carbonyl (C=O) groups excluding carboxylic acids is 1. The van der Waals surface area contributed by atoms with E-state index in [4.69, 9.17) is 22.4 Å². The number of carbonyl (C=O) groups is 2. The number of hydrogen-bond donors (Lipinski definition) is 2. The predicted molar refractivity (Wildman–Crippen MR) is 67.6 cm³/mol. The summed E-state index contributed by atoms with van der Waals surface area (Å²) in [6.45, 7) is 0.441. The van der Waals surface area contributed by atoms with E-state index in [2.05, 4.69) is 0 Å². The third-order valence-corrected chi connectivity index (χ3v) is 3.33. The number of nitrogens with zero attached hydrogens (tertiary/aromatic N) is 1. The minimum absolute atomic E-state index is 0.246. The Morgan fingerprint density at radius 3 is 2.78 bits per heavy atom. The Bertz CT molecular complexity index is 504. The van der Waals surface area contributed by atoms with E-state index in [0.717, 1.165) is 0 Å². The first-order valence-electron chi connectivity index (χ1n) is 5.59. The van der Waals surface area contributed by atoms with Gasteiger partial charge in [-0.1, -0.05) is 11.6 Å². The minimum Gasteiger partial charge on any atom is -0.480 e. The molecule has 1 saturated heterocycles. The molecule has 1 aromatic rings. The lowest BCUT2D eigenvalue weighted by Gasteiger charge is -2.22. The molecule has 1 aliphatic heterocycles. The average Bonchev–Trinajstić information content (AvgIpc) is 2.77. The predicted octanol–water partition coefficient (Wildman–Crippen LogP) is 1.61. The van der Waals surface area contributed by atoms with Gasteiger partial charge in [0.1, 0.15) is 6.04 Å². The maximum absolute atomic E-state index is 12.2. The van der Waals surface area contributed by atoms with Gasteiger partial charge in [-0.3, -0.25) is 4.79 Å². The molecule has 0 radical (unpaired) electrons. The number of benzene rings is 1. The molecule has 18 heavy (non-hydrogen) atoms. The van der Waals surface area contributed by atoms with E-state index in [-0.39, 0.29) is 10.9 Å². The number of rotatable bonds is 2. The van der Waals surface area contributed by atoms with Crippen molar-refractivity contribution in [1.29, 1.82) is 0 Å². The normalized spacial score (nSPS) is 18.9. The Morgan fingerprint density at radius 1 is 1.44 bits per heavy atom. The summed E-state index contributed by atoms with van der Waals surface area (Å²) in [7, 11) is 0. The molecule has 0 aliphatic carbocycles. The molecule has 1 amide bonds. The lowest BCUT2D eigenvalue weighted by molar-refractivity contribution is -0.141. The van der Waals surface area contributed by atoms with Crippen LogP contribution in [0, 0.1) is 0 Å². The van der Waals surface area contributed by atoms with Crippen LogP contribution in [0.4, 0.5) is 5.69 Å². The molecule has 1 fully saturated rings. The molecule has 5 nitrogen and oxygen atoms in total. The first-order chi connectivity index (χ1) is 8.50. The van der Waals surface area contributed by atoms with Crippen molar-refractivity contribution in [2.24, 2.45) is 0 Å². The van der Waals surface area contributed by atoms with E-state index in [9.17, 15) is 9.59 Å². The van der Waals surface area contributed by atoms with Crippen molar-refractivity contribution >= 4 is 29.2 Å². The lowest BCUT2D eigenvalue weighted by Crippen LogP contribution is -2.40. The van der Waals surface area contributed by atoms with Crippen molar-refractivity contribution in [1.82, 2.24) is 4.90 Å². The van der Waals surface area contributed by atoms with Gasteiger partial charge in [0.25, 0.3) is 5.91 Å². The molecule has 2 rings (SSSR count). The van der Waals surface area contributed by atoms with E-state index < -0.39 is 12.0 Å². The van der Waals surface area contributed by atoms with Crippen LogP contribution in [0.5, 0.6) is 0 Å². The van der Waals surface area contributed by atoms with Crippen molar-refractivity contribution in [2.75, 3.05) is 12.3 Å². The Hall–Kier alpha value is -1.75. The zero-order valence-electron chi connectivity index (χ0n) is 9.60. The first-order valence-corrected chi connectivity index (χ1v) is 5.97. The summed E-state index contributed by atoms with van der Waals surface area (Å²) < 4.78 is 0. The van der Waals surface area contributed by atoms with Crippen molar-refractivity contribution in [2.45, 2.75) is 18.9 Å². The minimum atomic E-state index is -0.979. The number of nitrogen functional groups attached to an aromatic ring is 1. The molecule has 96 valence electrons. The SMILES string of the molecule is Nc1ccc(C(=O)N2CCCC2C(=O)O)c(Cl)c1. The smallest absolute Gasteiger partial charge is 0.326 e. The van der Waals surface area contributed by atoms with E-state index in [1.165, 1.54) is 17.0 Å². The summed E-state index contributed by atoms with van der Waals surface area (Å²) in [5.41, 5.74) is 6.31. The van der Waals surface area contributed by atoms with Crippen molar-refractivity contribution in [3.05, 3.63) is 28.8 Å². The monoisotopic (exact) mass is 268 g/mol. The third-order valence-electron chi connectivity index (χ3n) is 3.02. The maximum Gasteiger partial charge on any atom is 0.326 e. The second-order valence-electron chi connectivity index (χ2n) is 4.23. The van der Waals surface area contributed by atoms with Gasteiger partial charge >= 0.3 is 5.97 Å². The number of carboxylic acids is 1. The van der Waals surface area contributed by atoms with Crippen LogP contribution in [-0.4, -0.2) is 34.5 Å². The number of amides is 1. The number of nitrogens with two attached hydrogens (primary N) is 1. The molecule has 1 unspecified atom stereocenters. The molecule has 0 spiro atoms. The summed E-state index contributed by atoms with van der Waals surface area (Å²) in [5, 5.41) is 9.29. The van der Waals surface area contributed by atoms with Crippen molar-refractivity contribution < 1.29 is 14.7 Å². The van der Waals surface area contributed by atoms with Gasteiger partial charge < -0.3 is 15.7 Å². The number of hydrogen-bond acceptors (Lipinski definition) is 3. The van der Waals surface area contributed by atoms with Crippen LogP contribution >= 0.6 is 11.6 Å². The highest BCUT2D eigenvalue weighted by Crippen LogP contribution is 2.25. The summed E-state index contributed by atoms with van der Waals surface area (Å²) >= 11 is 5.96. The molecule has 0 saturated carbocycles.